The molecule has 0 radical (unpaired) electrons. The highest BCUT2D eigenvalue weighted by Gasteiger charge is 1.96. The van der Waals surface area contributed by atoms with E-state index in [0.29, 0.717) is 0 Å². The van der Waals surface area contributed by atoms with Gasteiger partial charge in [-0.25, -0.2) is 9.97 Å². The SMILES string of the molecule is Cc1ccnc(SCCCCS)n1. The molecule has 13 heavy (non-hydrogen) atoms. The van der Waals surface area contributed by atoms with Crippen LogP contribution < -0.4 is 0 Å². The van der Waals surface area contributed by atoms with Crippen molar-refractivity contribution < 1.29 is 0 Å². The normalized spacial score (nSPS) is 10.3. The van der Waals surface area contributed by atoms with E-state index in [4.69, 9.17) is 0 Å². The van der Waals surface area contributed by atoms with E-state index in [1.165, 1.54) is 12.8 Å². The number of aryl methyl sites for hydroxylation is 1. The van der Waals surface area contributed by atoms with Crippen molar-refractivity contribution in [1.29, 1.82) is 0 Å². The van der Waals surface area contributed by atoms with Crippen LogP contribution >= 0.6 is 24.4 Å². The molecule has 0 aliphatic carbocycles. The van der Waals surface area contributed by atoms with Gasteiger partial charge >= 0.3 is 0 Å². The van der Waals surface area contributed by atoms with Crippen LogP contribution in [-0.2, 0) is 0 Å². The number of aromatic nitrogens is 2. The molecule has 4 heteroatoms. The van der Waals surface area contributed by atoms with Crippen molar-refractivity contribution in [2.45, 2.75) is 24.9 Å². The van der Waals surface area contributed by atoms with Crippen molar-refractivity contribution in [3.05, 3.63) is 18.0 Å². The summed E-state index contributed by atoms with van der Waals surface area (Å²) in [4.78, 5) is 8.47. The van der Waals surface area contributed by atoms with Crippen LogP contribution in [0.15, 0.2) is 17.4 Å². The number of unbranched alkanes of at least 4 members (excludes halogenated alkanes) is 1. The highest BCUT2D eigenvalue weighted by atomic mass is 32.2. The first-order valence-corrected chi connectivity index (χ1v) is 5.98. The molecule has 0 spiro atoms. The van der Waals surface area contributed by atoms with Gasteiger partial charge in [-0.15, -0.1) is 0 Å². The highest BCUT2D eigenvalue weighted by molar-refractivity contribution is 7.99. The van der Waals surface area contributed by atoms with Gasteiger partial charge in [-0.2, -0.15) is 12.6 Å². The van der Waals surface area contributed by atoms with Gasteiger partial charge in [0.2, 0.25) is 0 Å². The second kappa shape index (κ2) is 6.27. The molecule has 0 saturated heterocycles. The van der Waals surface area contributed by atoms with Crippen LogP contribution in [0.4, 0.5) is 0 Å². The summed E-state index contributed by atoms with van der Waals surface area (Å²) in [6.07, 6.45) is 4.16. The molecular formula is C9H14N2S2. The average molecular weight is 214 g/mol. The summed E-state index contributed by atoms with van der Waals surface area (Å²) in [6.45, 7) is 1.99. The van der Waals surface area contributed by atoms with Crippen molar-refractivity contribution in [3.8, 4) is 0 Å². The summed E-state index contributed by atoms with van der Waals surface area (Å²) in [5.74, 6) is 2.05. The Morgan fingerprint density at radius 1 is 1.46 bits per heavy atom. The summed E-state index contributed by atoms with van der Waals surface area (Å²) in [6, 6.07) is 1.91. The van der Waals surface area contributed by atoms with E-state index in [-0.39, 0.29) is 0 Å². The lowest BCUT2D eigenvalue weighted by Gasteiger charge is -1.99. The zero-order valence-electron chi connectivity index (χ0n) is 7.73. The maximum Gasteiger partial charge on any atom is 0.187 e. The Labute approximate surface area is 89.0 Å². The number of nitrogens with zero attached hydrogens (tertiary/aromatic N) is 2. The van der Waals surface area contributed by atoms with Gasteiger partial charge < -0.3 is 0 Å². The zero-order chi connectivity index (χ0) is 9.52. The van der Waals surface area contributed by atoms with Crippen molar-refractivity contribution in [3.63, 3.8) is 0 Å². The second-order valence-electron chi connectivity index (χ2n) is 2.76. The van der Waals surface area contributed by atoms with Crippen LogP contribution in [0.25, 0.3) is 0 Å². The Bertz CT molecular complexity index is 253. The van der Waals surface area contributed by atoms with Crippen molar-refractivity contribution in [2.24, 2.45) is 0 Å². The molecule has 1 rings (SSSR count). The third-order valence-corrected chi connectivity index (χ3v) is 2.82. The Kier molecular flexibility index (Phi) is 5.23. The minimum absolute atomic E-state index is 0.888. The lowest BCUT2D eigenvalue weighted by Crippen LogP contribution is -1.90. The van der Waals surface area contributed by atoms with Gasteiger partial charge in [0, 0.05) is 17.6 Å². The molecule has 0 aliphatic heterocycles. The molecule has 0 saturated carbocycles. The van der Waals surface area contributed by atoms with Gasteiger partial charge in [0.1, 0.15) is 0 Å². The number of hydrogen-bond acceptors (Lipinski definition) is 4. The molecule has 0 N–H and O–H groups in total. The van der Waals surface area contributed by atoms with Crippen molar-refractivity contribution >= 4 is 24.4 Å². The predicted molar refractivity (Wildman–Crippen MR) is 60.6 cm³/mol. The smallest absolute Gasteiger partial charge is 0.187 e. The average Bonchev–Trinajstić information content (AvgIpc) is 2.13. The quantitative estimate of drug-likeness (QED) is 0.353. The van der Waals surface area contributed by atoms with E-state index >= 15 is 0 Å². The van der Waals surface area contributed by atoms with Crippen LogP contribution in [0.3, 0.4) is 0 Å². The maximum atomic E-state index is 4.30. The highest BCUT2D eigenvalue weighted by Crippen LogP contribution is 2.14. The predicted octanol–water partition coefficient (Wildman–Crippen LogP) is 2.59. The van der Waals surface area contributed by atoms with E-state index in [9.17, 15) is 0 Å². The molecule has 2 nitrogen and oxygen atoms in total. The van der Waals surface area contributed by atoms with Crippen LogP contribution in [0.2, 0.25) is 0 Å². The minimum Gasteiger partial charge on any atom is -0.231 e. The molecule has 0 amide bonds. The largest absolute Gasteiger partial charge is 0.231 e. The molecule has 0 bridgehead atoms. The summed E-state index contributed by atoms with van der Waals surface area (Å²) in [5, 5.41) is 0.888. The first-order chi connectivity index (χ1) is 6.33. The lowest BCUT2D eigenvalue weighted by atomic mass is 10.4. The molecule has 0 aliphatic rings. The number of thioether (sulfide) groups is 1. The Morgan fingerprint density at radius 2 is 2.31 bits per heavy atom. The fourth-order valence-corrected chi connectivity index (χ4v) is 1.97. The van der Waals surface area contributed by atoms with Gasteiger partial charge in [-0.1, -0.05) is 11.8 Å². The summed E-state index contributed by atoms with van der Waals surface area (Å²) in [7, 11) is 0. The topological polar surface area (TPSA) is 25.8 Å². The molecule has 0 unspecified atom stereocenters. The van der Waals surface area contributed by atoms with Crippen molar-refractivity contribution in [2.75, 3.05) is 11.5 Å². The Hall–Kier alpha value is -0.220. The van der Waals surface area contributed by atoms with Crippen LogP contribution in [0.5, 0.6) is 0 Å². The van der Waals surface area contributed by atoms with E-state index in [1.54, 1.807) is 11.8 Å². The van der Waals surface area contributed by atoms with Crippen LogP contribution in [-0.4, -0.2) is 21.5 Å². The van der Waals surface area contributed by atoms with Gasteiger partial charge in [0.05, 0.1) is 0 Å². The van der Waals surface area contributed by atoms with Crippen molar-refractivity contribution in [1.82, 2.24) is 9.97 Å². The Morgan fingerprint density at radius 3 is 3.00 bits per heavy atom. The van der Waals surface area contributed by atoms with Gasteiger partial charge in [0.25, 0.3) is 0 Å². The molecule has 1 aromatic rings. The second-order valence-corrected chi connectivity index (χ2v) is 4.27. The van der Waals surface area contributed by atoms with E-state index in [0.717, 1.165) is 22.4 Å². The molecule has 1 aromatic heterocycles. The van der Waals surface area contributed by atoms with E-state index < -0.39 is 0 Å². The van der Waals surface area contributed by atoms with Gasteiger partial charge in [0.15, 0.2) is 5.16 Å². The molecule has 0 aromatic carbocycles. The number of rotatable bonds is 5. The third-order valence-electron chi connectivity index (χ3n) is 1.56. The van der Waals surface area contributed by atoms with Gasteiger partial charge in [-0.05, 0) is 31.6 Å². The van der Waals surface area contributed by atoms with E-state index in [2.05, 4.69) is 22.6 Å². The minimum atomic E-state index is 0.888. The molecular weight excluding hydrogens is 200 g/mol. The fourth-order valence-electron chi connectivity index (χ4n) is 0.873. The number of hydrogen-bond donors (Lipinski definition) is 1. The first-order valence-electron chi connectivity index (χ1n) is 4.36. The maximum absolute atomic E-state index is 4.30. The van der Waals surface area contributed by atoms with E-state index in [1.807, 2.05) is 19.2 Å². The third kappa shape index (κ3) is 4.52. The summed E-state index contributed by atoms with van der Waals surface area (Å²) < 4.78 is 0. The standard InChI is InChI=1S/C9H14N2S2/c1-8-4-5-10-9(11-8)13-7-3-2-6-12/h4-5,12H,2-3,6-7H2,1H3. The summed E-state index contributed by atoms with van der Waals surface area (Å²) in [5.41, 5.74) is 1.03. The molecule has 0 fully saturated rings. The lowest BCUT2D eigenvalue weighted by molar-refractivity contribution is 0.893. The summed E-state index contributed by atoms with van der Waals surface area (Å²) >= 11 is 5.88. The van der Waals surface area contributed by atoms with Crippen LogP contribution in [0.1, 0.15) is 18.5 Å². The van der Waals surface area contributed by atoms with Crippen LogP contribution in [0, 0.1) is 6.92 Å². The fraction of sp³-hybridized carbons (Fsp3) is 0.556. The number of thiol groups is 1. The van der Waals surface area contributed by atoms with Gasteiger partial charge in [-0.3, -0.25) is 0 Å². The first kappa shape index (κ1) is 10.9. The molecule has 1 heterocycles. The molecule has 72 valence electrons. The zero-order valence-corrected chi connectivity index (χ0v) is 9.44. The monoisotopic (exact) mass is 214 g/mol. The Balaban J connectivity index is 2.28. The molecule has 0 atom stereocenters.